The van der Waals surface area contributed by atoms with Gasteiger partial charge >= 0.3 is 0 Å². The van der Waals surface area contributed by atoms with Gasteiger partial charge in [0.2, 0.25) is 0 Å². The fourth-order valence-electron chi connectivity index (χ4n) is 2.56. The Kier molecular flexibility index (Phi) is 3.78. The van der Waals surface area contributed by atoms with Gasteiger partial charge in [-0.05, 0) is 12.1 Å². The van der Waals surface area contributed by atoms with Gasteiger partial charge in [0, 0.05) is 23.9 Å². The van der Waals surface area contributed by atoms with E-state index < -0.39 is 0 Å². The lowest BCUT2D eigenvalue weighted by Gasteiger charge is -2.11. The van der Waals surface area contributed by atoms with Crippen LogP contribution in [0.3, 0.4) is 0 Å². The number of furan rings is 1. The Bertz CT molecular complexity index is 886. The van der Waals surface area contributed by atoms with Gasteiger partial charge in [0.1, 0.15) is 5.58 Å². The van der Waals surface area contributed by atoms with Crippen molar-refractivity contribution in [3.8, 4) is 11.5 Å². The van der Waals surface area contributed by atoms with Crippen molar-refractivity contribution in [1.82, 2.24) is 0 Å². The predicted octanol–water partition coefficient (Wildman–Crippen LogP) is 4.50. The van der Waals surface area contributed by atoms with Gasteiger partial charge in [-0.3, -0.25) is 4.79 Å². The molecule has 3 aromatic rings. The smallest absolute Gasteiger partial charge is 0.291 e. The van der Waals surface area contributed by atoms with Gasteiger partial charge in [-0.15, -0.1) is 0 Å². The van der Waals surface area contributed by atoms with Crippen molar-refractivity contribution < 1.29 is 18.7 Å². The summed E-state index contributed by atoms with van der Waals surface area (Å²) in [5.74, 6) is 0.998. The van der Waals surface area contributed by atoms with E-state index in [9.17, 15) is 4.79 Å². The molecule has 0 radical (unpaired) electrons. The summed E-state index contributed by atoms with van der Waals surface area (Å²) in [5.41, 5.74) is 1.11. The van der Waals surface area contributed by atoms with E-state index in [4.69, 9.17) is 25.5 Å². The molecule has 0 saturated carbocycles. The van der Waals surface area contributed by atoms with E-state index >= 15 is 0 Å². The number of anilines is 1. The van der Waals surface area contributed by atoms with Gasteiger partial charge in [-0.1, -0.05) is 29.8 Å². The minimum absolute atomic E-state index is 0.222. The molecular formula is C18H14ClNO4. The van der Waals surface area contributed by atoms with Crippen molar-refractivity contribution in [2.45, 2.75) is 6.42 Å². The first-order chi connectivity index (χ1) is 11.7. The lowest BCUT2D eigenvalue weighted by atomic mass is 10.2. The molecule has 0 aliphatic carbocycles. The molecule has 0 atom stereocenters. The van der Waals surface area contributed by atoms with Crippen molar-refractivity contribution in [1.29, 1.82) is 0 Å². The molecular weight excluding hydrogens is 330 g/mol. The quantitative estimate of drug-likeness (QED) is 0.744. The molecule has 6 heteroatoms. The molecule has 0 unspecified atom stereocenters. The summed E-state index contributed by atoms with van der Waals surface area (Å²) in [6.07, 6.45) is 0.799. The Morgan fingerprint density at radius 1 is 1.04 bits per heavy atom. The van der Waals surface area contributed by atoms with Crippen LogP contribution in [0.25, 0.3) is 11.0 Å². The first-order valence-corrected chi connectivity index (χ1v) is 7.97. The molecule has 0 spiro atoms. The van der Waals surface area contributed by atoms with Gasteiger partial charge < -0.3 is 19.2 Å². The number of amides is 1. The maximum atomic E-state index is 12.4. The number of benzene rings is 2. The van der Waals surface area contributed by atoms with Crippen LogP contribution in [-0.4, -0.2) is 19.1 Å². The topological polar surface area (TPSA) is 60.7 Å². The zero-order chi connectivity index (χ0) is 16.5. The third kappa shape index (κ3) is 2.78. The van der Waals surface area contributed by atoms with Gasteiger partial charge in [-0.25, -0.2) is 0 Å². The molecule has 1 aliphatic rings. The molecule has 1 amide bonds. The van der Waals surface area contributed by atoms with E-state index in [0.717, 1.165) is 11.8 Å². The summed E-state index contributed by atoms with van der Waals surface area (Å²) in [6, 6.07) is 12.5. The summed E-state index contributed by atoms with van der Waals surface area (Å²) in [4.78, 5) is 12.4. The molecule has 1 aliphatic heterocycles. The van der Waals surface area contributed by atoms with Crippen LogP contribution < -0.4 is 14.8 Å². The van der Waals surface area contributed by atoms with Crippen LogP contribution >= 0.6 is 11.6 Å². The second-order valence-corrected chi connectivity index (χ2v) is 5.84. The van der Waals surface area contributed by atoms with Gasteiger partial charge in [-0.2, -0.15) is 0 Å². The molecule has 2 heterocycles. The minimum atomic E-state index is -0.373. The standard InChI is InChI=1S/C18H14ClNO4/c19-12-9-15-16(23-7-3-6-22-15)10-13(12)20-18(21)17-8-11-4-1-2-5-14(11)24-17/h1-2,4-5,8-10H,3,6-7H2,(H,20,21). The Balaban J connectivity index is 1.62. The molecule has 0 fully saturated rings. The third-order valence-corrected chi connectivity index (χ3v) is 4.05. The van der Waals surface area contributed by atoms with Crippen LogP contribution in [-0.2, 0) is 0 Å². The number of hydrogen-bond donors (Lipinski definition) is 1. The number of carbonyl (C=O) groups is 1. The van der Waals surface area contributed by atoms with E-state index in [1.54, 1.807) is 18.2 Å². The van der Waals surface area contributed by atoms with E-state index in [0.29, 0.717) is 41.0 Å². The van der Waals surface area contributed by atoms with Crippen LogP contribution in [0.2, 0.25) is 5.02 Å². The fourth-order valence-corrected chi connectivity index (χ4v) is 2.76. The number of halogens is 1. The van der Waals surface area contributed by atoms with Crippen molar-refractivity contribution in [2.75, 3.05) is 18.5 Å². The summed E-state index contributed by atoms with van der Waals surface area (Å²) in [5, 5.41) is 4.00. The fraction of sp³-hybridized carbons (Fsp3) is 0.167. The number of rotatable bonds is 2. The minimum Gasteiger partial charge on any atom is -0.490 e. The van der Waals surface area contributed by atoms with Crippen LogP contribution in [0.4, 0.5) is 5.69 Å². The van der Waals surface area contributed by atoms with E-state index in [-0.39, 0.29) is 11.7 Å². The van der Waals surface area contributed by atoms with Crippen LogP contribution in [0.5, 0.6) is 11.5 Å². The highest BCUT2D eigenvalue weighted by atomic mass is 35.5. The highest BCUT2D eigenvalue weighted by molar-refractivity contribution is 6.34. The molecule has 1 N–H and O–H groups in total. The maximum Gasteiger partial charge on any atom is 0.291 e. The number of fused-ring (bicyclic) bond motifs is 2. The Hall–Kier alpha value is -2.66. The molecule has 0 bridgehead atoms. The van der Waals surface area contributed by atoms with Crippen molar-refractivity contribution in [2.24, 2.45) is 0 Å². The number of hydrogen-bond acceptors (Lipinski definition) is 4. The molecule has 4 rings (SSSR count). The monoisotopic (exact) mass is 343 g/mol. The van der Waals surface area contributed by atoms with Crippen molar-refractivity contribution in [3.63, 3.8) is 0 Å². The molecule has 5 nitrogen and oxygen atoms in total. The Morgan fingerprint density at radius 2 is 1.79 bits per heavy atom. The first kappa shape index (κ1) is 14.9. The zero-order valence-electron chi connectivity index (χ0n) is 12.7. The molecule has 24 heavy (non-hydrogen) atoms. The highest BCUT2D eigenvalue weighted by Crippen LogP contribution is 2.38. The molecule has 2 aromatic carbocycles. The molecule has 122 valence electrons. The highest BCUT2D eigenvalue weighted by Gasteiger charge is 2.18. The van der Waals surface area contributed by atoms with Crippen molar-refractivity contribution in [3.05, 3.63) is 53.2 Å². The zero-order valence-corrected chi connectivity index (χ0v) is 13.4. The SMILES string of the molecule is O=C(Nc1cc2c(cc1Cl)OCCCO2)c1cc2ccccc2o1. The van der Waals surface area contributed by atoms with Crippen LogP contribution in [0.1, 0.15) is 17.0 Å². The number of ether oxygens (including phenoxy) is 2. The predicted molar refractivity (Wildman–Crippen MR) is 91.2 cm³/mol. The van der Waals surface area contributed by atoms with Gasteiger partial charge in [0.05, 0.1) is 23.9 Å². The maximum absolute atomic E-state index is 12.4. The lowest BCUT2D eigenvalue weighted by molar-refractivity contribution is 0.0998. The van der Waals surface area contributed by atoms with E-state index in [1.807, 2.05) is 24.3 Å². The van der Waals surface area contributed by atoms with E-state index in [2.05, 4.69) is 5.32 Å². The van der Waals surface area contributed by atoms with E-state index in [1.165, 1.54) is 0 Å². The second kappa shape index (κ2) is 6.09. The van der Waals surface area contributed by atoms with Gasteiger partial charge in [0.15, 0.2) is 17.3 Å². The number of para-hydroxylation sites is 1. The number of carbonyl (C=O) groups excluding carboxylic acids is 1. The lowest BCUT2D eigenvalue weighted by Crippen LogP contribution is -2.11. The average Bonchev–Trinajstić information content (AvgIpc) is 2.89. The molecule has 1 aromatic heterocycles. The first-order valence-electron chi connectivity index (χ1n) is 7.60. The third-order valence-electron chi connectivity index (χ3n) is 3.73. The average molecular weight is 344 g/mol. The summed E-state index contributed by atoms with van der Waals surface area (Å²) >= 11 is 6.24. The summed E-state index contributed by atoms with van der Waals surface area (Å²) in [7, 11) is 0. The van der Waals surface area contributed by atoms with Crippen LogP contribution in [0.15, 0.2) is 46.9 Å². The second-order valence-electron chi connectivity index (χ2n) is 5.43. The summed E-state index contributed by atoms with van der Waals surface area (Å²) in [6.45, 7) is 1.14. The summed E-state index contributed by atoms with van der Waals surface area (Å²) < 4.78 is 16.8. The normalized spacial score (nSPS) is 13.5. The van der Waals surface area contributed by atoms with Gasteiger partial charge in [0.25, 0.3) is 5.91 Å². The van der Waals surface area contributed by atoms with Crippen molar-refractivity contribution >= 4 is 34.2 Å². The van der Waals surface area contributed by atoms with Crippen LogP contribution in [0, 0.1) is 0 Å². The largest absolute Gasteiger partial charge is 0.490 e. The molecule has 0 saturated heterocycles. The Morgan fingerprint density at radius 3 is 2.58 bits per heavy atom. The number of nitrogens with one attached hydrogen (secondary N) is 1. The Labute approximate surface area is 143 Å².